The number of hydrogen-bond acceptors (Lipinski definition) is 4. The average Bonchev–Trinajstić information content (AvgIpc) is 2.57. The molecule has 29 heavy (non-hydrogen) atoms. The van der Waals surface area contributed by atoms with E-state index in [0.717, 1.165) is 54.6 Å². The van der Waals surface area contributed by atoms with Crippen molar-refractivity contribution in [3.8, 4) is 5.75 Å². The molecule has 4 nitrogen and oxygen atoms in total. The molecule has 1 aromatic rings. The molecule has 0 unspecified atom stereocenters. The van der Waals surface area contributed by atoms with Crippen LogP contribution in [0, 0.1) is 11.3 Å². The molecule has 5 heteroatoms. The first-order chi connectivity index (χ1) is 13.5. The maximum absolute atomic E-state index is 11.7. The van der Waals surface area contributed by atoms with Crippen molar-refractivity contribution >= 4 is 17.7 Å². The van der Waals surface area contributed by atoms with Crippen LogP contribution in [0.2, 0.25) is 0 Å². The zero-order valence-electron chi connectivity index (χ0n) is 19.3. The fourth-order valence-corrected chi connectivity index (χ4v) is 3.07. The summed E-state index contributed by atoms with van der Waals surface area (Å²) >= 11 is 1.86. The molecule has 3 N–H and O–H groups in total. The highest BCUT2D eigenvalue weighted by Crippen LogP contribution is 2.17. The first-order valence-electron chi connectivity index (χ1n) is 10.5. The average molecular weight is 423 g/mol. The van der Waals surface area contributed by atoms with E-state index >= 15 is 0 Å². The molecule has 1 rings (SSSR count). The zero-order valence-corrected chi connectivity index (χ0v) is 20.1. The predicted molar refractivity (Wildman–Crippen MR) is 128 cm³/mol. The summed E-state index contributed by atoms with van der Waals surface area (Å²) in [5, 5.41) is 15.6. The summed E-state index contributed by atoms with van der Waals surface area (Å²) in [5.74, 6) is 3.27. The van der Waals surface area contributed by atoms with Gasteiger partial charge in [-0.15, -0.1) is 0 Å². The van der Waals surface area contributed by atoms with Gasteiger partial charge in [-0.25, -0.2) is 0 Å². The Bertz CT molecular complexity index is 575. The van der Waals surface area contributed by atoms with Crippen molar-refractivity contribution in [3.63, 3.8) is 0 Å². The summed E-state index contributed by atoms with van der Waals surface area (Å²) in [7, 11) is 0. The van der Waals surface area contributed by atoms with Crippen LogP contribution in [0.4, 0.5) is 0 Å². The third-order valence-corrected chi connectivity index (χ3v) is 4.52. The molecule has 0 aromatic heterocycles. The molecule has 1 aromatic carbocycles. The molecule has 0 radical (unpaired) electrons. The van der Waals surface area contributed by atoms with Gasteiger partial charge in [0.05, 0.1) is 0 Å². The van der Waals surface area contributed by atoms with E-state index in [1.54, 1.807) is 12.1 Å². The van der Waals surface area contributed by atoms with E-state index in [2.05, 4.69) is 58.8 Å². The number of benzene rings is 1. The maximum atomic E-state index is 11.7. The van der Waals surface area contributed by atoms with Crippen molar-refractivity contribution in [3.05, 3.63) is 42.1 Å². The molecule has 0 aliphatic heterocycles. The summed E-state index contributed by atoms with van der Waals surface area (Å²) < 4.78 is 0. The van der Waals surface area contributed by atoms with Gasteiger partial charge in [-0.2, -0.15) is 11.8 Å². The van der Waals surface area contributed by atoms with Crippen molar-refractivity contribution in [2.45, 2.75) is 60.8 Å². The fourth-order valence-electron chi connectivity index (χ4n) is 2.27. The summed E-state index contributed by atoms with van der Waals surface area (Å²) in [5.41, 5.74) is 2.17. The van der Waals surface area contributed by atoms with Crippen LogP contribution >= 0.6 is 11.8 Å². The molecule has 0 saturated carbocycles. The lowest BCUT2D eigenvalue weighted by Crippen LogP contribution is -2.29. The molecule has 0 saturated heterocycles. The van der Waals surface area contributed by atoms with Gasteiger partial charge in [-0.05, 0) is 41.2 Å². The van der Waals surface area contributed by atoms with E-state index in [0.29, 0.717) is 6.42 Å². The first-order valence-corrected chi connectivity index (χ1v) is 11.7. The minimum Gasteiger partial charge on any atom is -0.508 e. The second-order valence-electron chi connectivity index (χ2n) is 9.16. The van der Waals surface area contributed by atoms with Crippen molar-refractivity contribution in [1.82, 2.24) is 10.6 Å². The molecule has 166 valence electrons. The van der Waals surface area contributed by atoms with Crippen LogP contribution in [0.5, 0.6) is 5.75 Å². The second kappa shape index (κ2) is 15.3. The molecule has 1 amide bonds. The van der Waals surface area contributed by atoms with E-state index in [1.165, 1.54) is 0 Å². The van der Waals surface area contributed by atoms with Gasteiger partial charge in [0.1, 0.15) is 5.75 Å². The lowest BCUT2D eigenvalue weighted by Gasteiger charge is -2.17. The van der Waals surface area contributed by atoms with Gasteiger partial charge in [-0.3, -0.25) is 4.79 Å². The summed E-state index contributed by atoms with van der Waals surface area (Å²) in [6.45, 7) is 18.4. The Labute approximate surface area is 182 Å². The van der Waals surface area contributed by atoms with Gasteiger partial charge < -0.3 is 15.7 Å². The van der Waals surface area contributed by atoms with Crippen LogP contribution in [0.25, 0.3) is 0 Å². The summed E-state index contributed by atoms with van der Waals surface area (Å²) in [4.78, 5) is 11.7. The van der Waals surface area contributed by atoms with Crippen molar-refractivity contribution < 1.29 is 9.90 Å². The van der Waals surface area contributed by atoms with Crippen LogP contribution in [0.15, 0.2) is 36.5 Å². The number of carbonyl (C=O) groups excluding carboxylic acids is 1. The third kappa shape index (κ3) is 19.5. The minimum atomic E-state index is 0.0470. The highest BCUT2D eigenvalue weighted by atomic mass is 32.2. The number of rotatable bonds is 11. The highest BCUT2D eigenvalue weighted by molar-refractivity contribution is 7.99. The number of amides is 1. The quantitative estimate of drug-likeness (QED) is 0.419. The van der Waals surface area contributed by atoms with Crippen LogP contribution in [0.3, 0.4) is 0 Å². The maximum Gasteiger partial charge on any atom is 0.220 e. The smallest absolute Gasteiger partial charge is 0.220 e. The Kier molecular flexibility index (Phi) is 14.4. The largest absolute Gasteiger partial charge is 0.508 e. The summed E-state index contributed by atoms with van der Waals surface area (Å²) in [6.07, 6.45) is 2.41. The topological polar surface area (TPSA) is 61.4 Å². The van der Waals surface area contributed by atoms with Crippen LogP contribution in [-0.4, -0.2) is 35.6 Å². The Morgan fingerprint density at radius 2 is 1.66 bits per heavy atom. The number of phenols is 1. The normalized spacial score (nSPS) is 10.9. The number of hydrogen-bond donors (Lipinski definition) is 3. The number of allylic oxidation sites excluding steroid dienone is 1. The highest BCUT2D eigenvalue weighted by Gasteiger charge is 2.15. The lowest BCUT2D eigenvalue weighted by molar-refractivity contribution is -0.122. The van der Waals surface area contributed by atoms with Crippen molar-refractivity contribution in [2.75, 3.05) is 24.6 Å². The number of phenolic OH excluding ortho intramolecular Hbond substituents is 1. The van der Waals surface area contributed by atoms with Gasteiger partial charge in [0, 0.05) is 37.4 Å². The number of carbonyl (C=O) groups is 1. The minimum absolute atomic E-state index is 0.0470. The molecule has 0 heterocycles. The molecule has 0 aliphatic rings. The Hall–Kier alpha value is -1.62. The van der Waals surface area contributed by atoms with Gasteiger partial charge in [0.2, 0.25) is 5.91 Å². The number of aromatic hydroxyl groups is 1. The zero-order chi connectivity index (χ0) is 22.3. The van der Waals surface area contributed by atoms with Crippen LogP contribution < -0.4 is 10.6 Å². The van der Waals surface area contributed by atoms with Crippen molar-refractivity contribution in [1.29, 1.82) is 0 Å². The Morgan fingerprint density at radius 3 is 2.21 bits per heavy atom. The fraction of sp³-hybridized carbons (Fsp3) is 0.625. The summed E-state index contributed by atoms with van der Waals surface area (Å²) in [6, 6.07) is 7.21. The SMILES string of the molecule is C=C(Cc1ccc(O)cc1)NCCCSCCNC(=O)CC(C)(C)C.CC(C)C. The second-order valence-corrected chi connectivity index (χ2v) is 10.4. The van der Waals surface area contributed by atoms with Crippen molar-refractivity contribution in [2.24, 2.45) is 11.3 Å². The van der Waals surface area contributed by atoms with Crippen LogP contribution in [0.1, 0.15) is 59.9 Å². The van der Waals surface area contributed by atoms with E-state index < -0.39 is 0 Å². The molecule has 0 bridgehead atoms. The van der Waals surface area contributed by atoms with Gasteiger partial charge in [-0.1, -0.05) is 60.3 Å². The van der Waals surface area contributed by atoms with E-state index in [9.17, 15) is 9.90 Å². The van der Waals surface area contributed by atoms with Gasteiger partial charge in [0.15, 0.2) is 0 Å². The lowest BCUT2D eigenvalue weighted by atomic mass is 9.92. The molecular formula is C24H42N2O2S. The van der Waals surface area contributed by atoms with E-state index in [4.69, 9.17) is 0 Å². The monoisotopic (exact) mass is 422 g/mol. The standard InChI is InChI=1S/C20H32N2O2S.C4H10/c1-16(14-17-6-8-18(23)9-7-17)21-10-5-12-25-13-11-22-19(24)15-20(2,3)4;1-4(2)3/h6-9,21,23H,1,5,10-15H2,2-4H3,(H,22,24);4H,1-3H3. The first kappa shape index (κ1) is 27.4. The molecular weight excluding hydrogens is 380 g/mol. The third-order valence-electron chi connectivity index (χ3n) is 3.45. The van der Waals surface area contributed by atoms with Gasteiger partial charge >= 0.3 is 0 Å². The molecule has 0 fully saturated rings. The van der Waals surface area contributed by atoms with E-state index in [1.807, 2.05) is 23.9 Å². The van der Waals surface area contributed by atoms with E-state index in [-0.39, 0.29) is 17.1 Å². The number of nitrogens with one attached hydrogen (secondary N) is 2. The molecule has 0 atom stereocenters. The molecule has 0 aliphatic carbocycles. The van der Waals surface area contributed by atoms with Gasteiger partial charge in [0.25, 0.3) is 0 Å². The number of thioether (sulfide) groups is 1. The Balaban J connectivity index is 0.00000178. The predicted octanol–water partition coefficient (Wildman–Crippen LogP) is 5.38. The molecule has 0 spiro atoms. The Morgan fingerprint density at radius 1 is 1.07 bits per heavy atom. The van der Waals surface area contributed by atoms with Crippen LogP contribution in [-0.2, 0) is 11.2 Å².